The molecule has 1 aliphatic rings. The van der Waals surface area contributed by atoms with Crippen LogP contribution in [0.2, 0.25) is 0 Å². The van der Waals surface area contributed by atoms with E-state index in [-0.39, 0.29) is 11.8 Å². The predicted octanol–water partition coefficient (Wildman–Crippen LogP) is 1.57. The summed E-state index contributed by atoms with van der Waals surface area (Å²) >= 11 is 0. The number of anilines is 1. The minimum Gasteiger partial charge on any atom is -0.493 e. The molecule has 0 unspecified atom stereocenters. The van der Waals surface area contributed by atoms with Crippen molar-refractivity contribution in [2.24, 2.45) is 0 Å². The lowest BCUT2D eigenvalue weighted by Gasteiger charge is -2.24. The molecule has 3 aromatic rings. The van der Waals surface area contributed by atoms with Crippen molar-refractivity contribution in [3.63, 3.8) is 0 Å². The van der Waals surface area contributed by atoms with Crippen molar-refractivity contribution < 1.29 is 9.90 Å². The Morgan fingerprint density at radius 3 is 2.87 bits per heavy atom. The summed E-state index contributed by atoms with van der Waals surface area (Å²) in [5, 5.41) is 14.0. The van der Waals surface area contributed by atoms with E-state index in [2.05, 4.69) is 15.1 Å². The summed E-state index contributed by atoms with van der Waals surface area (Å²) in [6, 6.07) is 8.54. The van der Waals surface area contributed by atoms with E-state index in [9.17, 15) is 9.90 Å². The van der Waals surface area contributed by atoms with Gasteiger partial charge in [0.05, 0.1) is 23.1 Å². The molecule has 1 N–H and O–H groups in total. The minimum atomic E-state index is -0.167. The summed E-state index contributed by atoms with van der Waals surface area (Å²) in [7, 11) is 0. The van der Waals surface area contributed by atoms with Crippen LogP contribution >= 0.6 is 0 Å². The highest BCUT2D eigenvalue weighted by Crippen LogP contribution is 2.24. The number of hydrogen-bond donors (Lipinski definition) is 1. The fraction of sp³-hybridized carbons (Fsp3) is 0.125. The van der Waals surface area contributed by atoms with Crippen molar-refractivity contribution >= 4 is 11.7 Å². The molecule has 0 saturated heterocycles. The zero-order valence-electron chi connectivity index (χ0n) is 12.1. The van der Waals surface area contributed by atoms with E-state index in [4.69, 9.17) is 0 Å². The molecule has 0 spiro atoms. The topological polar surface area (TPSA) is 84.1 Å². The second-order valence-corrected chi connectivity index (χ2v) is 5.21. The summed E-state index contributed by atoms with van der Waals surface area (Å²) in [5.41, 5.74) is 2.11. The number of carbonyl (C=O) groups is 1. The van der Waals surface area contributed by atoms with Crippen LogP contribution in [-0.2, 0) is 6.42 Å². The van der Waals surface area contributed by atoms with Crippen LogP contribution in [-0.4, -0.2) is 37.3 Å². The SMILES string of the molecule is O=C1c2cn(-c3cccnc3)nc2CCN1c1cccc(O)n1. The van der Waals surface area contributed by atoms with Gasteiger partial charge in [0.15, 0.2) is 0 Å². The molecule has 3 aromatic heterocycles. The highest BCUT2D eigenvalue weighted by atomic mass is 16.3. The Kier molecular flexibility index (Phi) is 3.04. The van der Waals surface area contributed by atoms with E-state index in [1.807, 2.05) is 12.1 Å². The zero-order valence-corrected chi connectivity index (χ0v) is 12.1. The Hall–Kier alpha value is -3.22. The van der Waals surface area contributed by atoms with Gasteiger partial charge in [-0.3, -0.25) is 14.7 Å². The first kappa shape index (κ1) is 13.4. The maximum atomic E-state index is 12.7. The van der Waals surface area contributed by atoms with Crippen molar-refractivity contribution in [3.05, 3.63) is 60.2 Å². The molecule has 0 atom stereocenters. The molecule has 23 heavy (non-hydrogen) atoms. The van der Waals surface area contributed by atoms with Crippen LogP contribution in [0.15, 0.2) is 48.9 Å². The molecule has 1 aliphatic heterocycles. The molecule has 4 rings (SSSR count). The number of pyridine rings is 2. The van der Waals surface area contributed by atoms with E-state index >= 15 is 0 Å². The highest BCUT2D eigenvalue weighted by molar-refractivity contribution is 6.07. The number of aromatic hydroxyl groups is 1. The lowest BCUT2D eigenvalue weighted by Crippen LogP contribution is -2.37. The number of fused-ring (bicyclic) bond motifs is 1. The standard InChI is InChI=1S/C16H13N5O2/c22-15-5-1-4-14(18-15)20-8-6-13-12(16(20)23)10-21(19-13)11-3-2-7-17-9-11/h1-5,7,9-10H,6,8H2,(H,18,22). The monoisotopic (exact) mass is 307 g/mol. The highest BCUT2D eigenvalue weighted by Gasteiger charge is 2.29. The maximum absolute atomic E-state index is 12.7. The van der Waals surface area contributed by atoms with Gasteiger partial charge >= 0.3 is 0 Å². The van der Waals surface area contributed by atoms with Crippen molar-refractivity contribution in [2.75, 3.05) is 11.4 Å². The first-order chi connectivity index (χ1) is 11.2. The van der Waals surface area contributed by atoms with Gasteiger partial charge in [0, 0.05) is 31.4 Å². The second kappa shape index (κ2) is 5.20. The maximum Gasteiger partial charge on any atom is 0.262 e. The quantitative estimate of drug-likeness (QED) is 0.777. The van der Waals surface area contributed by atoms with Crippen molar-refractivity contribution in [2.45, 2.75) is 6.42 Å². The van der Waals surface area contributed by atoms with Crippen LogP contribution in [0.1, 0.15) is 16.1 Å². The molecule has 0 aliphatic carbocycles. The van der Waals surface area contributed by atoms with Crippen LogP contribution in [0.25, 0.3) is 5.69 Å². The Balaban J connectivity index is 1.71. The summed E-state index contributed by atoms with van der Waals surface area (Å²) in [6.45, 7) is 0.479. The smallest absolute Gasteiger partial charge is 0.262 e. The predicted molar refractivity (Wildman–Crippen MR) is 82.6 cm³/mol. The lowest BCUT2D eigenvalue weighted by molar-refractivity contribution is 0.0980. The van der Waals surface area contributed by atoms with Crippen LogP contribution in [0.4, 0.5) is 5.82 Å². The van der Waals surface area contributed by atoms with E-state index in [1.54, 1.807) is 40.3 Å². The zero-order chi connectivity index (χ0) is 15.8. The Bertz CT molecular complexity index is 875. The average Bonchev–Trinajstić information content (AvgIpc) is 3.01. The molecule has 7 heteroatoms. The molecule has 1 amide bonds. The van der Waals surface area contributed by atoms with E-state index in [0.29, 0.717) is 24.3 Å². The summed E-state index contributed by atoms with van der Waals surface area (Å²) in [5.74, 6) is 0.168. The van der Waals surface area contributed by atoms with Gasteiger partial charge in [-0.15, -0.1) is 0 Å². The van der Waals surface area contributed by atoms with Crippen molar-refractivity contribution in [1.82, 2.24) is 19.7 Å². The summed E-state index contributed by atoms with van der Waals surface area (Å²) < 4.78 is 1.66. The molecule has 114 valence electrons. The molecule has 0 bridgehead atoms. The third kappa shape index (κ3) is 2.32. The molecule has 0 saturated carbocycles. The third-order valence-corrected chi connectivity index (χ3v) is 3.75. The van der Waals surface area contributed by atoms with Gasteiger partial charge in [0.25, 0.3) is 5.91 Å². The van der Waals surface area contributed by atoms with Gasteiger partial charge in [-0.1, -0.05) is 6.07 Å². The fourth-order valence-electron chi connectivity index (χ4n) is 2.64. The number of amides is 1. The molecule has 0 fully saturated rings. The van der Waals surface area contributed by atoms with Gasteiger partial charge in [-0.05, 0) is 18.2 Å². The van der Waals surface area contributed by atoms with Gasteiger partial charge in [-0.25, -0.2) is 4.68 Å². The second-order valence-electron chi connectivity index (χ2n) is 5.21. The van der Waals surface area contributed by atoms with Crippen LogP contribution in [0, 0.1) is 0 Å². The number of rotatable bonds is 2. The van der Waals surface area contributed by atoms with E-state index < -0.39 is 0 Å². The Labute approximate surface area is 131 Å². The fourth-order valence-corrected chi connectivity index (χ4v) is 2.64. The normalized spacial score (nSPS) is 13.9. The summed E-state index contributed by atoms with van der Waals surface area (Å²) in [4.78, 5) is 22.3. The summed E-state index contributed by atoms with van der Waals surface area (Å²) in [6.07, 6.45) is 5.72. The van der Waals surface area contributed by atoms with Gasteiger partial charge in [0.2, 0.25) is 5.88 Å². The van der Waals surface area contributed by atoms with Crippen LogP contribution < -0.4 is 4.90 Å². The molecular formula is C16H13N5O2. The molecule has 0 radical (unpaired) electrons. The first-order valence-electron chi connectivity index (χ1n) is 7.19. The van der Waals surface area contributed by atoms with Crippen molar-refractivity contribution in [1.29, 1.82) is 0 Å². The number of nitrogens with zero attached hydrogens (tertiary/aromatic N) is 5. The van der Waals surface area contributed by atoms with E-state index in [0.717, 1.165) is 11.4 Å². The number of carbonyl (C=O) groups excluding carboxylic acids is 1. The Morgan fingerprint density at radius 2 is 2.09 bits per heavy atom. The van der Waals surface area contributed by atoms with Gasteiger partial charge < -0.3 is 5.11 Å². The average molecular weight is 307 g/mol. The molecule has 4 heterocycles. The van der Waals surface area contributed by atoms with E-state index in [1.165, 1.54) is 6.07 Å². The molecule has 7 nitrogen and oxygen atoms in total. The van der Waals surface area contributed by atoms with Gasteiger partial charge in [0.1, 0.15) is 5.82 Å². The number of aromatic nitrogens is 4. The molecule has 0 aromatic carbocycles. The van der Waals surface area contributed by atoms with Gasteiger partial charge in [-0.2, -0.15) is 10.1 Å². The lowest BCUT2D eigenvalue weighted by atomic mass is 10.1. The number of hydrogen-bond acceptors (Lipinski definition) is 5. The largest absolute Gasteiger partial charge is 0.493 e. The van der Waals surface area contributed by atoms with Crippen molar-refractivity contribution in [3.8, 4) is 11.6 Å². The van der Waals surface area contributed by atoms with Crippen LogP contribution in [0.5, 0.6) is 5.88 Å². The Morgan fingerprint density at radius 1 is 1.17 bits per heavy atom. The van der Waals surface area contributed by atoms with Crippen LogP contribution in [0.3, 0.4) is 0 Å². The molecular weight excluding hydrogens is 294 g/mol. The third-order valence-electron chi connectivity index (χ3n) is 3.75. The first-order valence-corrected chi connectivity index (χ1v) is 7.19. The minimum absolute atomic E-state index is 0.104.